The van der Waals surface area contributed by atoms with E-state index in [0.717, 1.165) is 9.87 Å². The summed E-state index contributed by atoms with van der Waals surface area (Å²) in [5, 5.41) is 2.79. The number of benzene rings is 4. The Labute approximate surface area is 258 Å². The Hall–Kier alpha value is -4.70. The molecule has 0 bridgehead atoms. The van der Waals surface area contributed by atoms with E-state index >= 15 is 0 Å². The first-order valence-electron chi connectivity index (χ1n) is 14.4. The van der Waals surface area contributed by atoms with Crippen molar-refractivity contribution >= 4 is 27.5 Å². The van der Waals surface area contributed by atoms with E-state index in [1.165, 1.54) is 29.2 Å². The molecule has 230 valence electrons. The van der Waals surface area contributed by atoms with Crippen molar-refractivity contribution in [2.75, 3.05) is 24.0 Å². The maximum Gasteiger partial charge on any atom is 0.264 e. The SMILES string of the molecule is CCNC(=O)[C@H](Cc1ccccc1)N(Cc1ccccc1F)C(=O)CN(c1ccccc1)S(=O)(=O)c1ccc(OCC)cc1. The Bertz CT molecular complexity index is 1630. The number of hydrogen-bond donors (Lipinski definition) is 1. The second-order valence-electron chi connectivity index (χ2n) is 9.96. The highest BCUT2D eigenvalue weighted by Gasteiger charge is 2.34. The topological polar surface area (TPSA) is 96.0 Å². The van der Waals surface area contributed by atoms with Crippen molar-refractivity contribution in [3.05, 3.63) is 126 Å². The highest BCUT2D eigenvalue weighted by molar-refractivity contribution is 7.92. The molecule has 2 amide bonds. The third-order valence-electron chi connectivity index (χ3n) is 6.97. The molecule has 0 saturated carbocycles. The second-order valence-corrected chi connectivity index (χ2v) is 11.8. The van der Waals surface area contributed by atoms with E-state index in [1.807, 2.05) is 37.3 Å². The van der Waals surface area contributed by atoms with Crippen LogP contribution in [0.1, 0.15) is 25.0 Å². The summed E-state index contributed by atoms with van der Waals surface area (Å²) in [6, 6.07) is 28.3. The second kappa shape index (κ2) is 15.2. The Kier molecular flexibility index (Phi) is 11.1. The highest BCUT2D eigenvalue weighted by Crippen LogP contribution is 2.26. The summed E-state index contributed by atoms with van der Waals surface area (Å²) in [5.74, 6) is -1.13. The number of nitrogens with one attached hydrogen (secondary N) is 1. The van der Waals surface area contributed by atoms with Crippen LogP contribution in [0, 0.1) is 5.82 Å². The highest BCUT2D eigenvalue weighted by atomic mass is 32.2. The van der Waals surface area contributed by atoms with Gasteiger partial charge in [0.25, 0.3) is 10.0 Å². The first-order valence-corrected chi connectivity index (χ1v) is 15.8. The molecule has 0 spiro atoms. The third-order valence-corrected chi connectivity index (χ3v) is 8.75. The van der Waals surface area contributed by atoms with Crippen LogP contribution in [0.2, 0.25) is 0 Å². The smallest absolute Gasteiger partial charge is 0.264 e. The molecule has 0 aliphatic carbocycles. The van der Waals surface area contributed by atoms with Crippen LogP contribution in [-0.4, -0.2) is 50.9 Å². The van der Waals surface area contributed by atoms with Gasteiger partial charge >= 0.3 is 0 Å². The fourth-order valence-electron chi connectivity index (χ4n) is 4.78. The number of sulfonamides is 1. The van der Waals surface area contributed by atoms with Gasteiger partial charge < -0.3 is 15.0 Å². The van der Waals surface area contributed by atoms with E-state index in [4.69, 9.17) is 4.74 Å². The lowest BCUT2D eigenvalue weighted by Crippen LogP contribution is -2.53. The van der Waals surface area contributed by atoms with E-state index in [9.17, 15) is 22.4 Å². The lowest BCUT2D eigenvalue weighted by Gasteiger charge is -2.34. The fourth-order valence-corrected chi connectivity index (χ4v) is 6.20. The van der Waals surface area contributed by atoms with E-state index in [0.29, 0.717) is 18.9 Å². The van der Waals surface area contributed by atoms with Gasteiger partial charge in [0.05, 0.1) is 17.2 Å². The van der Waals surface area contributed by atoms with Gasteiger partial charge in [-0.3, -0.25) is 13.9 Å². The molecule has 10 heteroatoms. The number of carbonyl (C=O) groups is 2. The van der Waals surface area contributed by atoms with Crippen LogP contribution in [0.25, 0.3) is 0 Å². The van der Waals surface area contributed by atoms with Crippen molar-refractivity contribution in [2.45, 2.75) is 37.8 Å². The van der Waals surface area contributed by atoms with E-state index in [1.54, 1.807) is 61.5 Å². The van der Waals surface area contributed by atoms with E-state index in [-0.39, 0.29) is 29.1 Å². The number of rotatable bonds is 14. The molecule has 0 unspecified atom stereocenters. The van der Waals surface area contributed by atoms with Gasteiger partial charge in [0, 0.05) is 25.1 Å². The maximum atomic E-state index is 14.9. The molecule has 0 aliphatic rings. The molecule has 0 heterocycles. The monoisotopic (exact) mass is 617 g/mol. The zero-order valence-electron chi connectivity index (χ0n) is 24.7. The number of carbonyl (C=O) groups excluding carboxylic acids is 2. The molecule has 0 aromatic heterocycles. The van der Waals surface area contributed by atoms with Crippen molar-refractivity contribution < 1.29 is 27.1 Å². The number of hydrogen-bond acceptors (Lipinski definition) is 5. The first-order chi connectivity index (χ1) is 21.2. The number of para-hydroxylation sites is 1. The normalized spacial score (nSPS) is 11.8. The Morgan fingerprint density at radius 3 is 2.07 bits per heavy atom. The Balaban J connectivity index is 1.77. The summed E-state index contributed by atoms with van der Waals surface area (Å²) < 4.78 is 49.5. The van der Waals surface area contributed by atoms with Crippen LogP contribution < -0.4 is 14.4 Å². The summed E-state index contributed by atoms with van der Waals surface area (Å²) in [6.45, 7) is 3.45. The average Bonchev–Trinajstić information content (AvgIpc) is 3.03. The van der Waals surface area contributed by atoms with Crippen LogP contribution in [-0.2, 0) is 32.6 Å². The zero-order valence-corrected chi connectivity index (χ0v) is 25.5. The van der Waals surface area contributed by atoms with Crippen molar-refractivity contribution in [1.29, 1.82) is 0 Å². The number of amides is 2. The van der Waals surface area contributed by atoms with E-state index < -0.39 is 40.2 Å². The molecule has 8 nitrogen and oxygen atoms in total. The number of halogens is 1. The first kappa shape index (κ1) is 32.2. The van der Waals surface area contributed by atoms with E-state index in [2.05, 4.69) is 5.32 Å². The van der Waals surface area contributed by atoms with Crippen molar-refractivity contribution in [3.8, 4) is 5.75 Å². The zero-order chi connectivity index (χ0) is 31.5. The molecule has 4 aromatic rings. The lowest BCUT2D eigenvalue weighted by molar-refractivity contribution is -0.140. The lowest BCUT2D eigenvalue weighted by atomic mass is 10.0. The number of likely N-dealkylation sites (N-methyl/N-ethyl adjacent to an activating group) is 1. The van der Waals surface area contributed by atoms with Crippen LogP contribution >= 0.6 is 0 Å². The summed E-state index contributed by atoms with van der Waals surface area (Å²) >= 11 is 0. The minimum Gasteiger partial charge on any atom is -0.494 e. The number of anilines is 1. The summed E-state index contributed by atoms with van der Waals surface area (Å²) in [5.41, 5.74) is 1.25. The maximum absolute atomic E-state index is 14.9. The Morgan fingerprint density at radius 1 is 0.841 bits per heavy atom. The van der Waals surface area contributed by atoms with Crippen molar-refractivity contribution in [2.24, 2.45) is 0 Å². The van der Waals surface area contributed by atoms with Gasteiger partial charge in [-0.25, -0.2) is 12.8 Å². The molecule has 0 aliphatic heterocycles. The van der Waals surface area contributed by atoms with Gasteiger partial charge in [0.15, 0.2) is 0 Å². The average molecular weight is 618 g/mol. The molecule has 0 saturated heterocycles. The molecule has 44 heavy (non-hydrogen) atoms. The predicted molar refractivity (Wildman–Crippen MR) is 168 cm³/mol. The number of ether oxygens (including phenoxy) is 1. The largest absolute Gasteiger partial charge is 0.494 e. The summed E-state index contributed by atoms with van der Waals surface area (Å²) in [4.78, 5) is 29.0. The summed E-state index contributed by atoms with van der Waals surface area (Å²) in [7, 11) is -4.25. The van der Waals surface area contributed by atoms with Crippen LogP contribution in [0.4, 0.5) is 10.1 Å². The standard InChI is InChI=1S/C34H36FN3O5S/c1-3-36-34(40)32(23-26-13-7-5-8-14-26)37(24-27-15-11-12-18-31(27)35)33(39)25-38(28-16-9-6-10-17-28)44(41,42)30-21-19-29(20-22-30)43-4-2/h5-22,32H,3-4,23-25H2,1-2H3,(H,36,40)/t32-/m0/s1. The molecule has 0 fully saturated rings. The van der Waals surface area contributed by atoms with Gasteiger partial charge in [-0.15, -0.1) is 0 Å². The minimum atomic E-state index is -4.25. The van der Waals surface area contributed by atoms with Crippen molar-refractivity contribution in [3.63, 3.8) is 0 Å². The summed E-state index contributed by atoms with van der Waals surface area (Å²) in [6.07, 6.45) is 0.143. The number of nitrogens with zero attached hydrogens (tertiary/aromatic N) is 2. The van der Waals surface area contributed by atoms with Gasteiger partial charge in [-0.05, 0) is 61.9 Å². The third kappa shape index (κ3) is 8.02. The quantitative estimate of drug-likeness (QED) is 0.210. The molecule has 4 aromatic carbocycles. The molecule has 1 atom stereocenters. The van der Waals surface area contributed by atoms with Crippen molar-refractivity contribution in [1.82, 2.24) is 10.2 Å². The molecule has 4 rings (SSSR count). The van der Waals surface area contributed by atoms with Gasteiger partial charge in [-0.2, -0.15) is 0 Å². The van der Waals surface area contributed by atoms with Crippen LogP contribution in [0.3, 0.4) is 0 Å². The van der Waals surface area contributed by atoms with Gasteiger partial charge in [0.2, 0.25) is 11.8 Å². The molecule has 0 radical (unpaired) electrons. The van der Waals surface area contributed by atoms with Gasteiger partial charge in [-0.1, -0.05) is 66.7 Å². The van der Waals surface area contributed by atoms with Crippen LogP contribution in [0.5, 0.6) is 5.75 Å². The predicted octanol–water partition coefficient (Wildman–Crippen LogP) is 5.20. The minimum absolute atomic E-state index is 0.0391. The fraction of sp³-hybridized carbons (Fsp3) is 0.235. The Morgan fingerprint density at radius 2 is 1.45 bits per heavy atom. The van der Waals surface area contributed by atoms with Gasteiger partial charge in [0.1, 0.15) is 24.2 Å². The molecular weight excluding hydrogens is 581 g/mol. The molecular formula is C34H36FN3O5S. The molecule has 1 N–H and O–H groups in total. The van der Waals surface area contributed by atoms with Crippen LogP contribution in [0.15, 0.2) is 114 Å².